The number of nitrogens with zero attached hydrogens (tertiary/aromatic N) is 1. The third kappa shape index (κ3) is 50.4. The summed E-state index contributed by atoms with van der Waals surface area (Å²) in [4.78, 5) is 39.8. The van der Waals surface area contributed by atoms with Crippen LogP contribution in [0.15, 0.2) is 60.8 Å². The molecule has 0 aromatic carbocycles. The molecule has 69 heavy (non-hydrogen) atoms. The lowest BCUT2D eigenvalue weighted by Gasteiger charge is -2.30. The summed E-state index contributed by atoms with van der Waals surface area (Å²) in [5.41, 5.74) is 0. The first-order chi connectivity index (χ1) is 33.4. The van der Waals surface area contributed by atoms with E-state index >= 15 is 0 Å². The van der Waals surface area contributed by atoms with E-state index in [4.69, 9.17) is 13.8 Å². The molecule has 1 N–H and O–H groups in total. The van der Waals surface area contributed by atoms with E-state index in [1.807, 2.05) is 33.3 Å². The van der Waals surface area contributed by atoms with Gasteiger partial charge in [-0.05, 0) is 89.5 Å². The van der Waals surface area contributed by atoms with Crippen molar-refractivity contribution in [3.05, 3.63) is 60.8 Å². The monoisotopic (exact) mass is 989 g/mol. The quantitative estimate of drug-likeness (QED) is 0.0212. The van der Waals surface area contributed by atoms with Gasteiger partial charge in [-0.3, -0.25) is 14.2 Å². The molecule has 0 saturated heterocycles. The molecule has 0 aliphatic heterocycles. The van der Waals surface area contributed by atoms with E-state index in [1.165, 1.54) is 116 Å². The predicted molar refractivity (Wildman–Crippen MR) is 293 cm³/mol. The fourth-order valence-electron chi connectivity index (χ4n) is 8.00. The number of quaternary nitrogens is 1. The van der Waals surface area contributed by atoms with Gasteiger partial charge in [-0.1, -0.05) is 210 Å². The second kappa shape index (κ2) is 49.3. The Balaban J connectivity index is 5.36. The molecule has 402 valence electrons. The van der Waals surface area contributed by atoms with Gasteiger partial charge in [0, 0.05) is 12.8 Å². The summed E-state index contributed by atoms with van der Waals surface area (Å²) < 4.78 is 30.2. The number of hydrogen-bond donors (Lipinski definition) is 1. The van der Waals surface area contributed by atoms with E-state index in [2.05, 4.69) is 74.7 Å². The Bertz CT molecular complexity index is 1370. The highest BCUT2D eigenvalue weighted by atomic mass is 31.2. The molecular weight excluding hydrogens is 880 g/mol. The van der Waals surface area contributed by atoms with E-state index < -0.39 is 26.6 Å². The van der Waals surface area contributed by atoms with E-state index in [0.717, 1.165) is 103 Å². The lowest BCUT2D eigenvalue weighted by atomic mass is 10.0. The zero-order valence-corrected chi connectivity index (χ0v) is 46.7. The largest absolute Gasteiger partial charge is 0.756 e. The van der Waals surface area contributed by atoms with Gasteiger partial charge in [0.05, 0.1) is 33.8 Å². The molecule has 0 aliphatic carbocycles. The number of phosphoric acid groups is 1. The number of ether oxygens (including phenoxy) is 1. The van der Waals surface area contributed by atoms with E-state index in [1.54, 1.807) is 0 Å². The second-order valence-electron chi connectivity index (χ2n) is 20.4. The Labute approximate surface area is 426 Å². The number of carbonyl (C=O) groups excluding carboxylic acids is 2. The predicted octanol–water partition coefficient (Wildman–Crippen LogP) is 16.5. The molecule has 9 nitrogen and oxygen atoms in total. The van der Waals surface area contributed by atoms with Crippen LogP contribution in [0.3, 0.4) is 0 Å². The third-order valence-electron chi connectivity index (χ3n) is 12.4. The Morgan fingerprint density at radius 3 is 1.41 bits per heavy atom. The molecule has 3 atom stereocenters. The van der Waals surface area contributed by atoms with Gasteiger partial charge in [-0.25, -0.2) is 0 Å². The number of carbonyl (C=O) groups is 2. The molecule has 0 rings (SSSR count). The van der Waals surface area contributed by atoms with Crippen LogP contribution in [0.2, 0.25) is 0 Å². The van der Waals surface area contributed by atoms with Gasteiger partial charge < -0.3 is 28.5 Å². The lowest BCUT2D eigenvalue weighted by molar-refractivity contribution is -0.870. The van der Waals surface area contributed by atoms with Crippen LogP contribution in [0.1, 0.15) is 252 Å². The Kier molecular flexibility index (Phi) is 47.7. The zero-order valence-electron chi connectivity index (χ0n) is 45.8. The first kappa shape index (κ1) is 66.7. The van der Waals surface area contributed by atoms with Crippen molar-refractivity contribution in [3.63, 3.8) is 0 Å². The fraction of sp³-hybridized carbons (Fsp3) is 0.797. The number of unbranched alkanes of at least 4 members (excludes halogenated alkanes) is 27. The van der Waals surface area contributed by atoms with Crippen molar-refractivity contribution in [2.24, 2.45) is 0 Å². The lowest BCUT2D eigenvalue weighted by Crippen LogP contribution is -2.47. The standard InChI is InChI=1S/C59H109N2O7P/c1-7-10-13-16-19-22-25-28-30-31-32-34-37-40-43-46-49-52-59(63)68-57(50-47-44-41-38-35-27-24-21-18-15-12-9-3)56(55-67-69(64,65)66-54-53-61(4,5)6)60-58(62)51-48-45-42-39-36-33-29-26-23-20-17-14-11-8-2/h11,14,19-20,22-23,28,30,47,50,56-57H,7-10,12-13,15-18,21,24-27,29,31-46,48-49,51-55H2,1-6H3,(H-,60,62,64,65)/b14-11+,22-19-,23-20+,30-28-,50-47+. The molecule has 0 bridgehead atoms. The number of nitrogens with one attached hydrogen (secondary N) is 1. The molecule has 0 aromatic rings. The number of allylic oxidation sites excluding steroid dienone is 9. The number of hydrogen-bond acceptors (Lipinski definition) is 7. The summed E-state index contributed by atoms with van der Waals surface area (Å²) in [6.45, 7) is 6.70. The van der Waals surface area contributed by atoms with Crippen LogP contribution < -0.4 is 10.2 Å². The average molecular weight is 990 g/mol. The summed E-state index contributed by atoms with van der Waals surface area (Å²) in [6.07, 6.45) is 60.3. The van der Waals surface area contributed by atoms with Crippen LogP contribution in [0, 0.1) is 0 Å². The number of rotatable bonds is 51. The van der Waals surface area contributed by atoms with Crippen LogP contribution in [-0.2, 0) is 27.9 Å². The Morgan fingerprint density at radius 1 is 0.522 bits per heavy atom. The number of likely N-dealkylation sites (N-methyl/N-ethyl adjacent to an activating group) is 1. The van der Waals surface area contributed by atoms with E-state index in [-0.39, 0.29) is 24.9 Å². The third-order valence-corrected chi connectivity index (χ3v) is 13.4. The van der Waals surface area contributed by atoms with Crippen LogP contribution in [0.25, 0.3) is 0 Å². The molecule has 0 radical (unpaired) electrons. The molecular formula is C59H109N2O7P. The van der Waals surface area contributed by atoms with Gasteiger partial charge >= 0.3 is 5.97 Å². The molecule has 0 aliphatic rings. The summed E-state index contributed by atoms with van der Waals surface area (Å²) in [6, 6.07) is -0.895. The van der Waals surface area contributed by atoms with Crippen LogP contribution >= 0.6 is 7.82 Å². The first-order valence-corrected chi connectivity index (χ1v) is 30.1. The molecule has 0 heterocycles. The fourth-order valence-corrected chi connectivity index (χ4v) is 8.72. The maximum absolute atomic E-state index is 13.5. The Morgan fingerprint density at radius 2 is 0.928 bits per heavy atom. The SMILES string of the molecule is CC/C=C/C/C=C/CCCCCCCCCC(=O)NC(COP(=O)([O-])OCC[N+](C)(C)C)C(/C=C/CCCCCCCCCCCC)OC(=O)CCCCCCCCC/C=C\C/C=C\CCCCC. The van der Waals surface area contributed by atoms with Gasteiger partial charge in [0.2, 0.25) is 5.91 Å². The minimum absolute atomic E-state index is 0.0266. The second-order valence-corrected chi connectivity index (χ2v) is 21.8. The van der Waals surface area contributed by atoms with Crippen molar-refractivity contribution in [3.8, 4) is 0 Å². The van der Waals surface area contributed by atoms with Gasteiger partial charge in [-0.2, -0.15) is 0 Å². The van der Waals surface area contributed by atoms with Crippen molar-refractivity contribution >= 4 is 19.7 Å². The smallest absolute Gasteiger partial charge is 0.306 e. The normalized spacial score (nSPS) is 14.2. The maximum Gasteiger partial charge on any atom is 0.306 e. The van der Waals surface area contributed by atoms with Gasteiger partial charge in [-0.15, -0.1) is 0 Å². The molecule has 3 unspecified atom stereocenters. The Hall–Kier alpha value is -2.29. The number of phosphoric ester groups is 1. The van der Waals surface area contributed by atoms with Gasteiger partial charge in [0.15, 0.2) is 0 Å². The molecule has 0 spiro atoms. The van der Waals surface area contributed by atoms with E-state index in [0.29, 0.717) is 17.4 Å². The minimum Gasteiger partial charge on any atom is -0.756 e. The number of amides is 1. The van der Waals surface area contributed by atoms with Crippen LogP contribution in [-0.4, -0.2) is 69.4 Å². The maximum atomic E-state index is 13.5. The van der Waals surface area contributed by atoms with Gasteiger partial charge in [0.1, 0.15) is 19.3 Å². The topological polar surface area (TPSA) is 114 Å². The molecule has 10 heteroatoms. The molecule has 0 aromatic heterocycles. The first-order valence-electron chi connectivity index (χ1n) is 28.6. The van der Waals surface area contributed by atoms with Crippen molar-refractivity contribution < 1.29 is 37.3 Å². The van der Waals surface area contributed by atoms with Crippen LogP contribution in [0.5, 0.6) is 0 Å². The highest BCUT2D eigenvalue weighted by molar-refractivity contribution is 7.45. The summed E-state index contributed by atoms with van der Waals surface area (Å²) in [5.74, 6) is -0.559. The van der Waals surface area contributed by atoms with Gasteiger partial charge in [0.25, 0.3) is 7.82 Å². The minimum atomic E-state index is -4.70. The van der Waals surface area contributed by atoms with Crippen molar-refractivity contribution in [2.45, 2.75) is 264 Å². The highest BCUT2D eigenvalue weighted by Crippen LogP contribution is 2.38. The van der Waals surface area contributed by atoms with Crippen LogP contribution in [0.4, 0.5) is 0 Å². The average Bonchev–Trinajstić information content (AvgIpc) is 3.31. The summed E-state index contributed by atoms with van der Waals surface area (Å²) in [5, 5.41) is 3.01. The summed E-state index contributed by atoms with van der Waals surface area (Å²) >= 11 is 0. The molecule has 0 fully saturated rings. The zero-order chi connectivity index (χ0) is 50.8. The number of esters is 1. The van der Waals surface area contributed by atoms with E-state index in [9.17, 15) is 19.0 Å². The molecule has 0 saturated carbocycles. The molecule has 1 amide bonds. The van der Waals surface area contributed by atoms with Crippen molar-refractivity contribution in [1.82, 2.24) is 5.32 Å². The van der Waals surface area contributed by atoms with Crippen molar-refractivity contribution in [1.29, 1.82) is 0 Å². The highest BCUT2D eigenvalue weighted by Gasteiger charge is 2.27. The summed E-state index contributed by atoms with van der Waals surface area (Å²) in [7, 11) is 1.17. The van der Waals surface area contributed by atoms with Crippen molar-refractivity contribution in [2.75, 3.05) is 40.9 Å².